The van der Waals surface area contributed by atoms with E-state index in [4.69, 9.17) is 16.0 Å². The second kappa shape index (κ2) is 7.97. The zero-order valence-electron chi connectivity index (χ0n) is 15.8. The molecule has 2 aromatic heterocycles. The third-order valence-electron chi connectivity index (χ3n) is 4.41. The van der Waals surface area contributed by atoms with E-state index in [9.17, 15) is 4.79 Å². The normalized spacial score (nSPS) is 11.8. The standard InChI is InChI=1S/C22H17BrClN3O2/c1-13(2)21-26-19-9-5-15(23)11-18(19)22(28)27(21)25-12-17-8-10-20(29-17)14-3-6-16(24)7-4-14/h3-13H,1-2H3. The van der Waals surface area contributed by atoms with Crippen LogP contribution in [0, 0.1) is 0 Å². The van der Waals surface area contributed by atoms with E-state index in [0.29, 0.717) is 33.3 Å². The summed E-state index contributed by atoms with van der Waals surface area (Å²) in [4.78, 5) is 17.7. The zero-order chi connectivity index (χ0) is 20.5. The fraction of sp³-hybridized carbons (Fsp3) is 0.136. The molecule has 2 aromatic carbocycles. The Morgan fingerprint density at radius 2 is 1.90 bits per heavy atom. The Balaban J connectivity index is 1.74. The first-order valence-corrected chi connectivity index (χ1v) is 10.2. The van der Waals surface area contributed by atoms with Crippen LogP contribution in [0.5, 0.6) is 0 Å². The van der Waals surface area contributed by atoms with Crippen molar-refractivity contribution < 1.29 is 4.42 Å². The van der Waals surface area contributed by atoms with Gasteiger partial charge in [-0.05, 0) is 54.6 Å². The van der Waals surface area contributed by atoms with E-state index in [-0.39, 0.29) is 11.5 Å². The number of fused-ring (bicyclic) bond motifs is 1. The number of rotatable bonds is 4. The van der Waals surface area contributed by atoms with E-state index in [1.165, 1.54) is 10.9 Å². The Hall–Kier alpha value is -2.70. The molecule has 0 fully saturated rings. The maximum atomic E-state index is 13.0. The fourth-order valence-corrected chi connectivity index (χ4v) is 3.44. The van der Waals surface area contributed by atoms with Crippen LogP contribution in [0.25, 0.3) is 22.2 Å². The maximum Gasteiger partial charge on any atom is 0.282 e. The highest BCUT2D eigenvalue weighted by Crippen LogP contribution is 2.23. The summed E-state index contributed by atoms with van der Waals surface area (Å²) in [5, 5.41) is 5.55. The molecule has 5 nitrogen and oxygen atoms in total. The lowest BCUT2D eigenvalue weighted by atomic mass is 10.2. The molecule has 0 N–H and O–H groups in total. The van der Waals surface area contributed by atoms with Crippen molar-refractivity contribution in [1.82, 2.24) is 9.66 Å². The molecular formula is C22H17BrClN3O2. The smallest absolute Gasteiger partial charge is 0.282 e. The largest absolute Gasteiger partial charge is 0.455 e. The van der Waals surface area contributed by atoms with Gasteiger partial charge in [-0.2, -0.15) is 9.78 Å². The minimum absolute atomic E-state index is 0.0223. The Labute approximate surface area is 180 Å². The molecule has 0 unspecified atom stereocenters. The Bertz CT molecular complexity index is 1270. The van der Waals surface area contributed by atoms with E-state index in [0.717, 1.165) is 10.0 Å². The summed E-state index contributed by atoms with van der Waals surface area (Å²) in [7, 11) is 0. The van der Waals surface area contributed by atoms with E-state index in [1.807, 2.05) is 44.2 Å². The topological polar surface area (TPSA) is 60.4 Å². The molecule has 0 aliphatic carbocycles. The molecule has 0 amide bonds. The molecule has 0 spiro atoms. The summed E-state index contributed by atoms with van der Waals surface area (Å²) >= 11 is 9.34. The summed E-state index contributed by atoms with van der Waals surface area (Å²) in [5.41, 5.74) is 1.34. The van der Waals surface area contributed by atoms with Gasteiger partial charge < -0.3 is 4.42 Å². The predicted molar refractivity (Wildman–Crippen MR) is 120 cm³/mol. The number of furan rings is 1. The number of halogens is 2. The summed E-state index contributed by atoms with van der Waals surface area (Å²) in [5.74, 6) is 1.84. The first-order valence-electron chi connectivity index (χ1n) is 9.05. The van der Waals surface area contributed by atoms with Crippen molar-refractivity contribution in [2.75, 3.05) is 0 Å². The van der Waals surface area contributed by atoms with E-state index in [2.05, 4.69) is 26.0 Å². The van der Waals surface area contributed by atoms with Crippen molar-refractivity contribution in [3.8, 4) is 11.3 Å². The molecule has 0 saturated heterocycles. The molecule has 0 atom stereocenters. The highest BCUT2D eigenvalue weighted by molar-refractivity contribution is 9.10. The van der Waals surface area contributed by atoms with Crippen LogP contribution in [0.2, 0.25) is 5.02 Å². The number of benzene rings is 2. The van der Waals surface area contributed by atoms with Gasteiger partial charge in [-0.15, -0.1) is 0 Å². The molecule has 0 aliphatic heterocycles. The minimum atomic E-state index is -0.222. The second-order valence-corrected chi connectivity index (χ2v) is 8.21. The van der Waals surface area contributed by atoms with Gasteiger partial charge in [0.2, 0.25) is 0 Å². The highest BCUT2D eigenvalue weighted by atomic mass is 79.9. The fourth-order valence-electron chi connectivity index (χ4n) is 2.96. The average molecular weight is 471 g/mol. The SMILES string of the molecule is CC(C)c1nc2ccc(Br)cc2c(=O)n1N=Cc1ccc(-c2ccc(Cl)cc2)o1. The third kappa shape index (κ3) is 4.04. The lowest BCUT2D eigenvalue weighted by molar-refractivity contribution is 0.573. The van der Waals surface area contributed by atoms with Gasteiger partial charge in [-0.3, -0.25) is 4.79 Å². The van der Waals surface area contributed by atoms with Crippen molar-refractivity contribution in [3.05, 3.63) is 86.0 Å². The first-order chi connectivity index (χ1) is 13.9. The molecule has 146 valence electrons. The molecule has 0 saturated carbocycles. The van der Waals surface area contributed by atoms with Crippen molar-refractivity contribution in [2.45, 2.75) is 19.8 Å². The second-order valence-electron chi connectivity index (χ2n) is 6.86. The van der Waals surface area contributed by atoms with Crippen LogP contribution in [-0.2, 0) is 0 Å². The zero-order valence-corrected chi connectivity index (χ0v) is 18.1. The van der Waals surface area contributed by atoms with Crippen molar-refractivity contribution in [3.63, 3.8) is 0 Å². The van der Waals surface area contributed by atoms with Crippen LogP contribution in [0.15, 0.2) is 73.4 Å². The van der Waals surface area contributed by atoms with Crippen LogP contribution in [0.4, 0.5) is 0 Å². The molecule has 0 aliphatic rings. The molecule has 4 aromatic rings. The Morgan fingerprint density at radius 1 is 1.14 bits per heavy atom. The number of hydrogen-bond acceptors (Lipinski definition) is 4. The van der Waals surface area contributed by atoms with Gasteiger partial charge in [0.25, 0.3) is 5.56 Å². The van der Waals surface area contributed by atoms with Crippen LogP contribution in [-0.4, -0.2) is 15.9 Å². The number of nitrogens with zero attached hydrogens (tertiary/aromatic N) is 3. The molecule has 4 rings (SSSR count). The van der Waals surface area contributed by atoms with Gasteiger partial charge in [-0.25, -0.2) is 4.98 Å². The summed E-state index contributed by atoms with van der Waals surface area (Å²) in [6.07, 6.45) is 1.53. The summed E-state index contributed by atoms with van der Waals surface area (Å²) in [6, 6.07) is 16.5. The van der Waals surface area contributed by atoms with Gasteiger partial charge in [-0.1, -0.05) is 41.4 Å². The molecular weight excluding hydrogens is 454 g/mol. The molecule has 0 radical (unpaired) electrons. The first kappa shape index (κ1) is 19.6. The van der Waals surface area contributed by atoms with Crippen LogP contribution >= 0.6 is 27.5 Å². The maximum absolute atomic E-state index is 13.0. The van der Waals surface area contributed by atoms with E-state index >= 15 is 0 Å². The average Bonchev–Trinajstić information content (AvgIpc) is 3.17. The molecule has 0 bridgehead atoms. The lowest BCUT2D eigenvalue weighted by Gasteiger charge is -2.11. The van der Waals surface area contributed by atoms with Gasteiger partial charge in [0.05, 0.1) is 17.1 Å². The number of aromatic nitrogens is 2. The van der Waals surface area contributed by atoms with Gasteiger partial charge >= 0.3 is 0 Å². The van der Waals surface area contributed by atoms with Crippen molar-refractivity contribution >= 4 is 44.6 Å². The summed E-state index contributed by atoms with van der Waals surface area (Å²) < 4.78 is 7.99. The quantitative estimate of drug-likeness (QED) is 0.340. The highest BCUT2D eigenvalue weighted by Gasteiger charge is 2.14. The van der Waals surface area contributed by atoms with Crippen LogP contribution < -0.4 is 5.56 Å². The third-order valence-corrected chi connectivity index (χ3v) is 5.15. The van der Waals surface area contributed by atoms with E-state index in [1.54, 1.807) is 24.3 Å². The van der Waals surface area contributed by atoms with Gasteiger partial charge in [0.15, 0.2) is 0 Å². The Kier molecular flexibility index (Phi) is 5.39. The molecule has 2 heterocycles. The van der Waals surface area contributed by atoms with Crippen molar-refractivity contribution in [1.29, 1.82) is 0 Å². The Morgan fingerprint density at radius 3 is 2.62 bits per heavy atom. The lowest BCUT2D eigenvalue weighted by Crippen LogP contribution is -2.23. The van der Waals surface area contributed by atoms with Crippen molar-refractivity contribution in [2.24, 2.45) is 5.10 Å². The van der Waals surface area contributed by atoms with Gasteiger partial charge in [0, 0.05) is 21.0 Å². The minimum Gasteiger partial charge on any atom is -0.455 e. The predicted octanol–water partition coefficient (Wildman–Crippen LogP) is 6.08. The molecule has 29 heavy (non-hydrogen) atoms. The monoisotopic (exact) mass is 469 g/mol. The molecule has 7 heteroatoms. The van der Waals surface area contributed by atoms with Crippen LogP contribution in [0.1, 0.15) is 31.4 Å². The van der Waals surface area contributed by atoms with Gasteiger partial charge in [0.1, 0.15) is 17.3 Å². The van der Waals surface area contributed by atoms with Crippen LogP contribution in [0.3, 0.4) is 0 Å². The van der Waals surface area contributed by atoms with E-state index < -0.39 is 0 Å². The number of hydrogen-bond donors (Lipinski definition) is 0. The summed E-state index contributed by atoms with van der Waals surface area (Å²) in [6.45, 7) is 3.95.